The maximum absolute atomic E-state index is 12.8. The van der Waals surface area contributed by atoms with E-state index in [9.17, 15) is 14.7 Å². The van der Waals surface area contributed by atoms with Gasteiger partial charge in [0.1, 0.15) is 12.4 Å². The van der Waals surface area contributed by atoms with Crippen LogP contribution in [0.25, 0.3) is 0 Å². The monoisotopic (exact) mass is 526 g/mol. The highest BCUT2D eigenvalue weighted by atomic mass is 35.5. The quantitative estimate of drug-likeness (QED) is 0.420. The van der Waals surface area contributed by atoms with Crippen molar-refractivity contribution >= 4 is 35.1 Å². The molecular weight excluding hydrogens is 499 g/mol. The van der Waals surface area contributed by atoms with Crippen molar-refractivity contribution in [3.05, 3.63) is 99.0 Å². The van der Waals surface area contributed by atoms with Gasteiger partial charge in [-0.15, -0.1) is 0 Å². The average molecular weight is 527 g/mol. The summed E-state index contributed by atoms with van der Waals surface area (Å²) in [6, 6.07) is 20.4. The first-order chi connectivity index (χ1) is 17.4. The lowest BCUT2D eigenvalue weighted by molar-refractivity contribution is -0.136. The predicted molar refractivity (Wildman–Crippen MR) is 141 cm³/mol. The molecule has 0 spiro atoms. The van der Waals surface area contributed by atoms with Gasteiger partial charge >= 0.3 is 5.97 Å². The smallest absolute Gasteiger partial charge is 0.307 e. The van der Waals surface area contributed by atoms with Crippen molar-refractivity contribution in [3.63, 3.8) is 0 Å². The summed E-state index contributed by atoms with van der Waals surface area (Å²) in [5.41, 5.74) is 3.61. The molecule has 0 unspecified atom stereocenters. The highest BCUT2D eigenvalue weighted by Gasteiger charge is 2.22. The molecule has 4 rings (SSSR count). The second kappa shape index (κ2) is 12.3. The summed E-state index contributed by atoms with van der Waals surface area (Å²) >= 11 is 11.9. The van der Waals surface area contributed by atoms with E-state index in [1.807, 2.05) is 53.4 Å². The number of hydrogen-bond acceptors (Lipinski definition) is 4. The largest absolute Gasteiger partial charge is 0.489 e. The predicted octanol–water partition coefficient (Wildman–Crippen LogP) is 5.09. The maximum atomic E-state index is 12.8. The molecule has 0 radical (unpaired) electrons. The topological polar surface area (TPSA) is 70.1 Å². The van der Waals surface area contributed by atoms with E-state index in [-0.39, 0.29) is 12.3 Å². The van der Waals surface area contributed by atoms with E-state index in [0.717, 1.165) is 41.1 Å². The van der Waals surface area contributed by atoms with Gasteiger partial charge in [-0.2, -0.15) is 0 Å². The standard InChI is InChI=1S/C28H28Cl2N2O4/c29-24-6-1-20(2-7-24)16-27(33)32-13-11-31(12-14-32)18-23-15-22(17-28(34)35)5-10-26(23)36-19-21-3-8-25(30)9-4-21/h1-10,15H,11-14,16-19H2,(H,34,35). The SMILES string of the molecule is O=C(O)Cc1ccc(OCc2ccc(Cl)cc2)c(CN2CCN(C(=O)Cc3ccc(Cl)cc3)CC2)c1. The number of carbonyl (C=O) groups excluding carboxylic acids is 1. The molecule has 1 saturated heterocycles. The van der Waals surface area contributed by atoms with Crippen molar-refractivity contribution in [3.8, 4) is 5.75 Å². The zero-order valence-electron chi connectivity index (χ0n) is 19.8. The summed E-state index contributed by atoms with van der Waals surface area (Å²) in [6.07, 6.45) is 0.314. The van der Waals surface area contributed by atoms with E-state index in [2.05, 4.69) is 4.90 Å². The first kappa shape index (κ1) is 26.0. The van der Waals surface area contributed by atoms with E-state index in [0.29, 0.717) is 42.7 Å². The van der Waals surface area contributed by atoms with Gasteiger partial charge in [-0.3, -0.25) is 14.5 Å². The van der Waals surface area contributed by atoms with Gasteiger partial charge in [0.15, 0.2) is 0 Å². The van der Waals surface area contributed by atoms with Crippen LogP contribution in [-0.4, -0.2) is 53.0 Å². The molecule has 1 heterocycles. The number of ether oxygens (including phenoxy) is 1. The van der Waals surface area contributed by atoms with E-state index < -0.39 is 5.97 Å². The fourth-order valence-corrected chi connectivity index (χ4v) is 4.46. The van der Waals surface area contributed by atoms with Gasteiger partial charge in [0, 0.05) is 48.3 Å². The fourth-order valence-electron chi connectivity index (χ4n) is 4.21. The minimum absolute atomic E-state index is 0.0442. The lowest BCUT2D eigenvalue weighted by Crippen LogP contribution is -2.48. The molecule has 0 aliphatic carbocycles. The minimum atomic E-state index is -0.872. The molecule has 1 aliphatic heterocycles. The Labute approximate surface area is 221 Å². The van der Waals surface area contributed by atoms with Gasteiger partial charge in [0.2, 0.25) is 5.91 Å². The molecule has 6 nitrogen and oxygen atoms in total. The van der Waals surface area contributed by atoms with Crippen molar-refractivity contribution in [2.45, 2.75) is 26.0 Å². The molecule has 0 atom stereocenters. The highest BCUT2D eigenvalue weighted by Crippen LogP contribution is 2.25. The Balaban J connectivity index is 1.38. The van der Waals surface area contributed by atoms with Crippen LogP contribution in [-0.2, 0) is 35.6 Å². The molecule has 1 N–H and O–H groups in total. The number of halogens is 2. The second-order valence-corrected chi connectivity index (χ2v) is 9.76. The third kappa shape index (κ3) is 7.47. The molecule has 1 aliphatic rings. The molecular formula is C28H28Cl2N2O4. The Morgan fingerprint density at radius 1 is 0.778 bits per heavy atom. The van der Waals surface area contributed by atoms with Crippen LogP contribution in [0.1, 0.15) is 22.3 Å². The van der Waals surface area contributed by atoms with Crippen LogP contribution in [0.2, 0.25) is 10.0 Å². The first-order valence-corrected chi connectivity index (χ1v) is 12.6. The number of aliphatic carboxylic acids is 1. The second-order valence-electron chi connectivity index (χ2n) is 8.89. The minimum Gasteiger partial charge on any atom is -0.489 e. The maximum Gasteiger partial charge on any atom is 0.307 e. The summed E-state index contributed by atoms with van der Waals surface area (Å²) < 4.78 is 6.11. The number of benzene rings is 3. The molecule has 1 amide bonds. The fraction of sp³-hybridized carbons (Fsp3) is 0.286. The molecule has 3 aromatic rings. The summed E-state index contributed by atoms with van der Waals surface area (Å²) in [4.78, 5) is 28.2. The Morgan fingerprint density at radius 3 is 1.97 bits per heavy atom. The Morgan fingerprint density at radius 2 is 1.36 bits per heavy atom. The third-order valence-electron chi connectivity index (χ3n) is 6.18. The summed E-state index contributed by atoms with van der Waals surface area (Å²) in [5, 5.41) is 10.6. The number of carbonyl (C=O) groups is 2. The Bertz CT molecular complexity index is 1190. The summed E-state index contributed by atoms with van der Waals surface area (Å²) in [7, 11) is 0. The molecule has 0 saturated carbocycles. The van der Waals surface area contributed by atoms with Crippen LogP contribution < -0.4 is 4.74 Å². The number of amides is 1. The van der Waals surface area contributed by atoms with E-state index in [4.69, 9.17) is 27.9 Å². The van der Waals surface area contributed by atoms with E-state index >= 15 is 0 Å². The first-order valence-electron chi connectivity index (χ1n) is 11.8. The number of carboxylic acid groups (broad SMARTS) is 1. The molecule has 3 aromatic carbocycles. The van der Waals surface area contributed by atoms with Crippen LogP contribution in [0.4, 0.5) is 0 Å². The number of nitrogens with zero attached hydrogens (tertiary/aromatic N) is 2. The number of hydrogen-bond donors (Lipinski definition) is 1. The van der Waals surface area contributed by atoms with Crippen molar-refractivity contribution < 1.29 is 19.4 Å². The summed E-state index contributed by atoms with van der Waals surface area (Å²) in [6.45, 7) is 3.74. The molecule has 188 valence electrons. The molecule has 0 aromatic heterocycles. The van der Waals surface area contributed by atoms with Crippen LogP contribution in [0.3, 0.4) is 0 Å². The van der Waals surface area contributed by atoms with Crippen molar-refractivity contribution in [2.75, 3.05) is 26.2 Å². The lowest BCUT2D eigenvalue weighted by Gasteiger charge is -2.35. The molecule has 0 bridgehead atoms. The van der Waals surface area contributed by atoms with Crippen molar-refractivity contribution in [2.24, 2.45) is 0 Å². The van der Waals surface area contributed by atoms with Crippen molar-refractivity contribution in [1.29, 1.82) is 0 Å². The van der Waals surface area contributed by atoms with Crippen LogP contribution in [0, 0.1) is 0 Å². The number of piperazine rings is 1. The summed E-state index contributed by atoms with van der Waals surface area (Å²) in [5.74, 6) is -0.0451. The zero-order chi connectivity index (χ0) is 25.5. The number of carboxylic acids is 1. The van der Waals surface area contributed by atoms with Gasteiger partial charge in [0.05, 0.1) is 12.8 Å². The average Bonchev–Trinajstić information content (AvgIpc) is 2.86. The highest BCUT2D eigenvalue weighted by molar-refractivity contribution is 6.30. The van der Waals surface area contributed by atoms with E-state index in [1.54, 1.807) is 18.2 Å². The van der Waals surface area contributed by atoms with Crippen LogP contribution in [0.5, 0.6) is 5.75 Å². The lowest BCUT2D eigenvalue weighted by atomic mass is 10.1. The molecule has 8 heteroatoms. The van der Waals surface area contributed by atoms with Crippen molar-refractivity contribution in [1.82, 2.24) is 9.80 Å². The molecule has 36 heavy (non-hydrogen) atoms. The van der Waals surface area contributed by atoms with Crippen LogP contribution in [0.15, 0.2) is 66.7 Å². The molecule has 1 fully saturated rings. The van der Waals surface area contributed by atoms with E-state index in [1.165, 1.54) is 0 Å². The Hall–Kier alpha value is -3.06. The Kier molecular flexibility index (Phi) is 8.86. The van der Waals surface area contributed by atoms with Gasteiger partial charge in [-0.1, -0.05) is 59.6 Å². The van der Waals surface area contributed by atoms with Gasteiger partial charge in [-0.25, -0.2) is 0 Å². The normalized spacial score (nSPS) is 14.0. The van der Waals surface area contributed by atoms with Crippen LogP contribution >= 0.6 is 23.2 Å². The van der Waals surface area contributed by atoms with Gasteiger partial charge < -0.3 is 14.7 Å². The number of rotatable bonds is 9. The van der Waals surface area contributed by atoms with Gasteiger partial charge in [-0.05, 0) is 47.0 Å². The zero-order valence-corrected chi connectivity index (χ0v) is 21.3. The van der Waals surface area contributed by atoms with Gasteiger partial charge in [0.25, 0.3) is 0 Å². The third-order valence-corrected chi connectivity index (χ3v) is 6.68.